The van der Waals surface area contributed by atoms with E-state index in [4.69, 9.17) is 4.42 Å². The van der Waals surface area contributed by atoms with Crippen LogP contribution in [0.5, 0.6) is 5.75 Å². The van der Waals surface area contributed by atoms with Crippen molar-refractivity contribution in [1.82, 2.24) is 4.90 Å². The summed E-state index contributed by atoms with van der Waals surface area (Å²) in [5, 5.41) is 2.66. The van der Waals surface area contributed by atoms with Crippen LogP contribution in [0.3, 0.4) is 0 Å². The zero-order valence-corrected chi connectivity index (χ0v) is 14.2. The SMILES string of the molecule is O=C(Nc1ccc(OC(F)(F)F)cc1)[C@H]1CCCN(C(=O)c2ccoc2)C1. The van der Waals surface area contributed by atoms with Crippen LogP contribution < -0.4 is 10.1 Å². The molecular weight excluding hydrogens is 365 g/mol. The van der Waals surface area contributed by atoms with E-state index in [1.165, 1.54) is 24.7 Å². The molecule has 9 heteroatoms. The van der Waals surface area contributed by atoms with E-state index in [0.29, 0.717) is 30.6 Å². The summed E-state index contributed by atoms with van der Waals surface area (Å²) in [5.41, 5.74) is 0.782. The van der Waals surface area contributed by atoms with Gasteiger partial charge in [-0.05, 0) is 43.2 Å². The number of hydrogen-bond acceptors (Lipinski definition) is 4. The number of rotatable bonds is 4. The first-order valence-corrected chi connectivity index (χ1v) is 8.30. The first-order valence-electron chi connectivity index (χ1n) is 8.30. The van der Waals surface area contributed by atoms with Gasteiger partial charge in [-0.2, -0.15) is 0 Å². The first-order chi connectivity index (χ1) is 12.8. The van der Waals surface area contributed by atoms with Gasteiger partial charge in [-0.15, -0.1) is 13.2 Å². The van der Waals surface area contributed by atoms with Crippen molar-refractivity contribution in [2.75, 3.05) is 18.4 Å². The number of halogens is 3. The minimum atomic E-state index is -4.77. The molecule has 1 aliphatic rings. The molecule has 1 fully saturated rings. The number of furan rings is 1. The van der Waals surface area contributed by atoms with Gasteiger partial charge in [-0.25, -0.2) is 0 Å². The Morgan fingerprint density at radius 3 is 2.56 bits per heavy atom. The summed E-state index contributed by atoms with van der Waals surface area (Å²) in [7, 11) is 0. The molecule has 0 saturated carbocycles. The van der Waals surface area contributed by atoms with E-state index < -0.39 is 12.3 Å². The Morgan fingerprint density at radius 2 is 1.93 bits per heavy atom. The highest BCUT2D eigenvalue weighted by molar-refractivity contribution is 5.96. The van der Waals surface area contributed by atoms with E-state index in [1.54, 1.807) is 11.0 Å². The van der Waals surface area contributed by atoms with Gasteiger partial charge in [0.25, 0.3) is 5.91 Å². The lowest BCUT2D eigenvalue weighted by molar-refractivity contribution is -0.274. The molecule has 2 amide bonds. The van der Waals surface area contributed by atoms with E-state index in [0.717, 1.165) is 12.1 Å². The molecule has 0 spiro atoms. The zero-order valence-electron chi connectivity index (χ0n) is 14.2. The van der Waals surface area contributed by atoms with Crippen LogP contribution in [0, 0.1) is 5.92 Å². The normalized spacial score (nSPS) is 17.4. The van der Waals surface area contributed by atoms with Crippen LogP contribution in [-0.2, 0) is 4.79 Å². The van der Waals surface area contributed by atoms with Gasteiger partial charge in [0, 0.05) is 18.8 Å². The number of alkyl halides is 3. The lowest BCUT2D eigenvalue weighted by atomic mass is 9.96. The molecule has 27 heavy (non-hydrogen) atoms. The smallest absolute Gasteiger partial charge is 0.472 e. The summed E-state index contributed by atoms with van der Waals surface area (Å²) < 4.78 is 45.2. The van der Waals surface area contributed by atoms with Crippen molar-refractivity contribution in [1.29, 1.82) is 0 Å². The lowest BCUT2D eigenvalue weighted by Crippen LogP contribution is -2.43. The summed E-state index contributed by atoms with van der Waals surface area (Å²) in [6.45, 7) is 0.822. The van der Waals surface area contributed by atoms with E-state index in [2.05, 4.69) is 10.1 Å². The van der Waals surface area contributed by atoms with Crippen molar-refractivity contribution in [2.24, 2.45) is 5.92 Å². The van der Waals surface area contributed by atoms with Crippen molar-refractivity contribution < 1.29 is 31.9 Å². The fourth-order valence-corrected chi connectivity index (χ4v) is 2.93. The number of likely N-dealkylation sites (tertiary alicyclic amines) is 1. The molecule has 1 saturated heterocycles. The molecule has 2 heterocycles. The predicted octanol–water partition coefficient (Wildman–Crippen LogP) is 3.67. The van der Waals surface area contributed by atoms with Gasteiger partial charge in [0.05, 0.1) is 17.7 Å². The van der Waals surface area contributed by atoms with Gasteiger partial charge >= 0.3 is 6.36 Å². The highest BCUT2D eigenvalue weighted by atomic mass is 19.4. The number of amides is 2. The second kappa shape index (κ2) is 7.73. The standard InChI is InChI=1S/C18H17F3N2O4/c19-18(20,21)27-15-5-3-14(4-6-15)22-16(24)12-2-1-8-23(10-12)17(25)13-7-9-26-11-13/h3-7,9,11-12H,1-2,8,10H2,(H,22,24)/t12-/m0/s1. The van der Waals surface area contributed by atoms with Crippen LogP contribution in [0.4, 0.5) is 18.9 Å². The van der Waals surface area contributed by atoms with Crippen LogP contribution in [0.1, 0.15) is 23.2 Å². The summed E-state index contributed by atoms with van der Waals surface area (Å²) in [5.74, 6) is -1.25. The number of carbonyl (C=O) groups excluding carboxylic acids is 2. The van der Waals surface area contributed by atoms with Crippen molar-refractivity contribution in [3.8, 4) is 5.75 Å². The van der Waals surface area contributed by atoms with E-state index in [-0.39, 0.29) is 24.1 Å². The van der Waals surface area contributed by atoms with Crippen LogP contribution in [0.2, 0.25) is 0 Å². The summed E-state index contributed by atoms with van der Waals surface area (Å²) in [6.07, 6.45) is -0.696. The number of nitrogens with zero attached hydrogens (tertiary/aromatic N) is 1. The van der Waals surface area contributed by atoms with Crippen molar-refractivity contribution in [3.63, 3.8) is 0 Å². The second-order valence-corrected chi connectivity index (χ2v) is 6.16. The molecule has 1 aromatic carbocycles. The Bertz CT molecular complexity index is 788. The van der Waals surface area contributed by atoms with E-state index >= 15 is 0 Å². The third-order valence-electron chi connectivity index (χ3n) is 4.20. The van der Waals surface area contributed by atoms with Gasteiger partial charge in [-0.3, -0.25) is 9.59 Å². The molecule has 1 aliphatic heterocycles. The van der Waals surface area contributed by atoms with Crippen LogP contribution in [0.15, 0.2) is 47.3 Å². The summed E-state index contributed by atoms with van der Waals surface area (Å²) >= 11 is 0. The minimum absolute atomic E-state index is 0.199. The fourth-order valence-electron chi connectivity index (χ4n) is 2.93. The van der Waals surface area contributed by atoms with Crippen LogP contribution >= 0.6 is 0 Å². The van der Waals surface area contributed by atoms with Crippen LogP contribution in [-0.4, -0.2) is 36.2 Å². The van der Waals surface area contributed by atoms with Gasteiger partial charge in [0.15, 0.2) is 0 Å². The predicted molar refractivity (Wildman–Crippen MR) is 89.1 cm³/mol. The highest BCUT2D eigenvalue weighted by Gasteiger charge is 2.31. The zero-order chi connectivity index (χ0) is 19.4. The molecule has 0 radical (unpaired) electrons. The molecule has 144 valence electrons. The Morgan fingerprint density at radius 1 is 1.19 bits per heavy atom. The maximum atomic E-state index is 12.5. The first kappa shape index (κ1) is 18.8. The molecule has 3 rings (SSSR count). The topological polar surface area (TPSA) is 71.8 Å². The molecule has 6 nitrogen and oxygen atoms in total. The number of carbonyl (C=O) groups is 2. The molecular formula is C18H17F3N2O4. The number of benzene rings is 1. The highest BCUT2D eigenvalue weighted by Crippen LogP contribution is 2.25. The molecule has 1 aromatic heterocycles. The number of hydrogen-bond donors (Lipinski definition) is 1. The minimum Gasteiger partial charge on any atom is -0.472 e. The monoisotopic (exact) mass is 382 g/mol. The average Bonchev–Trinajstić information content (AvgIpc) is 3.16. The molecule has 0 unspecified atom stereocenters. The third-order valence-corrected chi connectivity index (χ3v) is 4.20. The van der Waals surface area contributed by atoms with Crippen molar-refractivity contribution >= 4 is 17.5 Å². The average molecular weight is 382 g/mol. The maximum absolute atomic E-state index is 12.5. The summed E-state index contributed by atoms with van der Waals surface area (Å²) in [4.78, 5) is 26.4. The van der Waals surface area contributed by atoms with Crippen molar-refractivity contribution in [2.45, 2.75) is 19.2 Å². The largest absolute Gasteiger partial charge is 0.573 e. The second-order valence-electron chi connectivity index (χ2n) is 6.16. The summed E-state index contributed by atoms with van der Waals surface area (Å²) in [6, 6.07) is 6.47. The number of nitrogens with one attached hydrogen (secondary N) is 1. The fraction of sp³-hybridized carbons (Fsp3) is 0.333. The Labute approximate surface area is 152 Å². The number of anilines is 1. The van der Waals surface area contributed by atoms with E-state index in [9.17, 15) is 22.8 Å². The molecule has 1 N–H and O–H groups in total. The number of ether oxygens (including phenoxy) is 1. The van der Waals surface area contributed by atoms with Crippen molar-refractivity contribution in [3.05, 3.63) is 48.4 Å². The lowest BCUT2D eigenvalue weighted by Gasteiger charge is -2.31. The molecule has 0 bridgehead atoms. The molecule has 0 aliphatic carbocycles. The van der Waals surface area contributed by atoms with Gasteiger partial charge < -0.3 is 19.4 Å². The third kappa shape index (κ3) is 5.02. The molecule has 2 aromatic rings. The van der Waals surface area contributed by atoms with E-state index in [1.807, 2.05) is 0 Å². The Kier molecular flexibility index (Phi) is 5.38. The van der Waals surface area contributed by atoms with Gasteiger partial charge in [-0.1, -0.05) is 0 Å². The quantitative estimate of drug-likeness (QED) is 0.876. The Balaban J connectivity index is 1.58. The van der Waals surface area contributed by atoms with Gasteiger partial charge in [0.1, 0.15) is 12.0 Å². The number of piperidine rings is 1. The molecule has 1 atom stereocenters. The Hall–Kier alpha value is -2.97. The maximum Gasteiger partial charge on any atom is 0.573 e. The van der Waals surface area contributed by atoms with Gasteiger partial charge in [0.2, 0.25) is 5.91 Å². The van der Waals surface area contributed by atoms with Crippen LogP contribution in [0.25, 0.3) is 0 Å².